The molecule has 0 spiro atoms. The summed E-state index contributed by atoms with van der Waals surface area (Å²) in [7, 11) is -2.89. The van der Waals surface area contributed by atoms with Crippen molar-refractivity contribution in [2.75, 3.05) is 24.6 Å². The number of phenols is 1. The van der Waals surface area contributed by atoms with Gasteiger partial charge in [0.25, 0.3) is 0 Å². The van der Waals surface area contributed by atoms with Gasteiger partial charge in [-0.1, -0.05) is 23.2 Å². The van der Waals surface area contributed by atoms with Crippen LogP contribution in [0, 0.1) is 0 Å². The van der Waals surface area contributed by atoms with Gasteiger partial charge in [0.15, 0.2) is 9.84 Å². The third kappa shape index (κ3) is 3.29. The summed E-state index contributed by atoms with van der Waals surface area (Å²) >= 11 is 11.7. The number of rotatable bonds is 2. The van der Waals surface area contributed by atoms with E-state index >= 15 is 0 Å². The topological polar surface area (TPSA) is 57.6 Å². The highest BCUT2D eigenvalue weighted by atomic mass is 35.5. The third-order valence-electron chi connectivity index (χ3n) is 2.94. The van der Waals surface area contributed by atoms with Gasteiger partial charge in [0, 0.05) is 30.2 Å². The summed E-state index contributed by atoms with van der Waals surface area (Å²) in [4.78, 5) is 1.96. The summed E-state index contributed by atoms with van der Waals surface area (Å²) < 4.78 is 22.6. The quantitative estimate of drug-likeness (QED) is 0.907. The van der Waals surface area contributed by atoms with Gasteiger partial charge in [0.2, 0.25) is 0 Å². The maximum Gasteiger partial charge on any atom is 0.152 e. The Morgan fingerprint density at radius 1 is 1.22 bits per heavy atom. The molecular formula is C11H13Cl2NO3S. The van der Waals surface area contributed by atoms with Crippen LogP contribution in [-0.4, -0.2) is 43.0 Å². The average molecular weight is 310 g/mol. The molecule has 0 aliphatic carbocycles. The summed E-state index contributed by atoms with van der Waals surface area (Å²) in [5, 5.41) is 10.5. The molecule has 0 atom stereocenters. The number of sulfone groups is 1. The van der Waals surface area contributed by atoms with Crippen LogP contribution in [-0.2, 0) is 16.4 Å². The minimum absolute atomic E-state index is 0.00879. The summed E-state index contributed by atoms with van der Waals surface area (Å²) in [6, 6.07) is 3.12. The summed E-state index contributed by atoms with van der Waals surface area (Å²) in [6.07, 6.45) is 0. The molecule has 1 aromatic rings. The molecule has 1 saturated heterocycles. The van der Waals surface area contributed by atoms with E-state index in [0.717, 1.165) is 0 Å². The molecule has 1 N–H and O–H groups in total. The molecule has 0 aromatic heterocycles. The highest BCUT2D eigenvalue weighted by molar-refractivity contribution is 7.91. The summed E-state index contributed by atoms with van der Waals surface area (Å²) in [5.41, 5.74) is 0.617. The van der Waals surface area contributed by atoms with Gasteiger partial charge < -0.3 is 5.11 Å². The van der Waals surface area contributed by atoms with Crippen molar-refractivity contribution < 1.29 is 13.5 Å². The predicted octanol–water partition coefficient (Wildman–Crippen LogP) is 1.93. The molecule has 0 radical (unpaired) electrons. The Hall–Kier alpha value is -0.490. The number of hydrogen-bond donors (Lipinski definition) is 1. The number of hydrogen-bond acceptors (Lipinski definition) is 4. The number of halogens is 2. The van der Waals surface area contributed by atoms with Gasteiger partial charge >= 0.3 is 0 Å². The minimum atomic E-state index is -2.89. The van der Waals surface area contributed by atoms with Gasteiger partial charge in [-0.05, 0) is 12.1 Å². The molecular weight excluding hydrogens is 297 g/mol. The molecule has 1 fully saturated rings. The lowest BCUT2D eigenvalue weighted by Gasteiger charge is -2.26. The first-order valence-corrected chi connectivity index (χ1v) is 8.05. The lowest BCUT2D eigenvalue weighted by atomic mass is 10.2. The molecule has 18 heavy (non-hydrogen) atoms. The van der Waals surface area contributed by atoms with Crippen LogP contribution in [0.15, 0.2) is 12.1 Å². The highest BCUT2D eigenvalue weighted by Crippen LogP contribution is 2.32. The highest BCUT2D eigenvalue weighted by Gasteiger charge is 2.22. The van der Waals surface area contributed by atoms with Crippen LogP contribution in [0.2, 0.25) is 10.0 Å². The van der Waals surface area contributed by atoms with Gasteiger partial charge in [0.05, 0.1) is 16.5 Å². The van der Waals surface area contributed by atoms with E-state index in [1.54, 1.807) is 6.07 Å². The molecule has 1 aliphatic heterocycles. The van der Waals surface area contributed by atoms with E-state index in [1.165, 1.54) is 6.07 Å². The summed E-state index contributed by atoms with van der Waals surface area (Å²) in [6.45, 7) is 1.37. The Kier molecular flexibility index (Phi) is 4.06. The maximum atomic E-state index is 11.3. The Labute approximate surface area is 116 Å². The predicted molar refractivity (Wildman–Crippen MR) is 72.1 cm³/mol. The van der Waals surface area contributed by atoms with Crippen molar-refractivity contribution in [3.8, 4) is 5.75 Å². The van der Waals surface area contributed by atoms with E-state index in [-0.39, 0.29) is 22.3 Å². The van der Waals surface area contributed by atoms with Crippen LogP contribution in [0.3, 0.4) is 0 Å². The van der Waals surface area contributed by atoms with Crippen molar-refractivity contribution in [2.24, 2.45) is 0 Å². The van der Waals surface area contributed by atoms with Crippen molar-refractivity contribution in [1.82, 2.24) is 4.90 Å². The van der Waals surface area contributed by atoms with Crippen molar-refractivity contribution in [1.29, 1.82) is 0 Å². The minimum Gasteiger partial charge on any atom is -0.506 e. The molecule has 4 nitrogen and oxygen atoms in total. The van der Waals surface area contributed by atoms with Gasteiger partial charge in [0.1, 0.15) is 5.75 Å². The zero-order valence-corrected chi connectivity index (χ0v) is 11.9. The van der Waals surface area contributed by atoms with Crippen LogP contribution in [0.5, 0.6) is 5.75 Å². The second-order valence-electron chi connectivity index (χ2n) is 4.32. The smallest absolute Gasteiger partial charge is 0.152 e. The Morgan fingerprint density at radius 3 is 2.44 bits per heavy atom. The molecule has 100 valence electrons. The number of phenolic OH excluding ortho intramolecular Hbond substituents is 1. The van der Waals surface area contributed by atoms with Crippen LogP contribution >= 0.6 is 23.2 Å². The second-order valence-corrected chi connectivity index (χ2v) is 7.47. The van der Waals surface area contributed by atoms with Crippen molar-refractivity contribution >= 4 is 33.0 Å². The maximum absolute atomic E-state index is 11.3. The van der Waals surface area contributed by atoms with E-state index in [1.807, 2.05) is 4.90 Å². The molecule has 7 heteroatoms. The van der Waals surface area contributed by atoms with Crippen LogP contribution < -0.4 is 0 Å². The Bertz CT molecular complexity index is 546. The molecule has 1 aliphatic rings. The van der Waals surface area contributed by atoms with E-state index < -0.39 is 9.84 Å². The Morgan fingerprint density at radius 2 is 1.83 bits per heavy atom. The molecule has 2 rings (SSSR count). The molecule has 1 heterocycles. The lowest BCUT2D eigenvalue weighted by Crippen LogP contribution is -2.39. The monoisotopic (exact) mass is 309 g/mol. The van der Waals surface area contributed by atoms with Crippen LogP contribution in [0.1, 0.15) is 5.56 Å². The van der Waals surface area contributed by atoms with Gasteiger partial charge in [-0.25, -0.2) is 8.42 Å². The van der Waals surface area contributed by atoms with Crippen LogP contribution in [0.4, 0.5) is 0 Å². The first kappa shape index (κ1) is 13.9. The van der Waals surface area contributed by atoms with Gasteiger partial charge in [-0.2, -0.15) is 0 Å². The van der Waals surface area contributed by atoms with E-state index in [9.17, 15) is 13.5 Å². The number of aromatic hydroxyl groups is 1. The SMILES string of the molecule is O=S1(=O)CCN(Cc2cc(Cl)cc(Cl)c2O)CC1. The fourth-order valence-corrected chi connectivity index (χ4v) is 3.70. The van der Waals surface area contributed by atoms with E-state index in [0.29, 0.717) is 30.2 Å². The second kappa shape index (κ2) is 5.25. The largest absolute Gasteiger partial charge is 0.506 e. The zero-order valence-electron chi connectivity index (χ0n) is 9.57. The molecule has 1 aromatic carbocycles. The van der Waals surface area contributed by atoms with Crippen LogP contribution in [0.25, 0.3) is 0 Å². The van der Waals surface area contributed by atoms with E-state index in [2.05, 4.69) is 0 Å². The zero-order chi connectivity index (χ0) is 13.3. The summed E-state index contributed by atoms with van der Waals surface area (Å²) in [5.74, 6) is 0.318. The van der Waals surface area contributed by atoms with E-state index in [4.69, 9.17) is 23.2 Å². The lowest BCUT2D eigenvalue weighted by molar-refractivity contribution is 0.283. The normalized spacial score (nSPS) is 19.9. The first-order valence-electron chi connectivity index (χ1n) is 5.47. The Balaban J connectivity index is 2.11. The average Bonchev–Trinajstić information content (AvgIpc) is 2.28. The first-order chi connectivity index (χ1) is 8.37. The molecule has 0 bridgehead atoms. The fourth-order valence-electron chi connectivity index (χ4n) is 1.89. The van der Waals surface area contributed by atoms with Crippen molar-refractivity contribution in [2.45, 2.75) is 6.54 Å². The fraction of sp³-hybridized carbons (Fsp3) is 0.455. The van der Waals surface area contributed by atoms with Gasteiger partial charge in [-0.3, -0.25) is 4.90 Å². The van der Waals surface area contributed by atoms with Crippen molar-refractivity contribution in [3.63, 3.8) is 0 Å². The third-order valence-corrected chi connectivity index (χ3v) is 5.05. The van der Waals surface area contributed by atoms with Gasteiger partial charge in [-0.15, -0.1) is 0 Å². The number of nitrogens with zero attached hydrogens (tertiary/aromatic N) is 1. The number of benzene rings is 1. The molecule has 0 unspecified atom stereocenters. The molecule has 0 amide bonds. The standard InChI is InChI=1S/C11H13Cl2NO3S/c12-9-5-8(11(15)10(13)6-9)7-14-1-3-18(16,17)4-2-14/h5-6,15H,1-4,7H2. The van der Waals surface area contributed by atoms with Crippen molar-refractivity contribution in [3.05, 3.63) is 27.7 Å². The molecule has 0 saturated carbocycles.